The molecule has 1 aliphatic rings. The van der Waals surface area contributed by atoms with Crippen LogP contribution in [0.2, 0.25) is 0 Å². The Morgan fingerprint density at radius 2 is 2.42 bits per heavy atom. The topological polar surface area (TPSA) is 77.2 Å². The van der Waals surface area contributed by atoms with Gasteiger partial charge in [-0.25, -0.2) is 9.48 Å². The van der Waals surface area contributed by atoms with Crippen LogP contribution in [0.5, 0.6) is 0 Å². The Labute approximate surface area is 110 Å². The number of benzene rings is 1. The number of aromatic nitrogens is 3. The van der Waals surface area contributed by atoms with Crippen LogP contribution in [-0.4, -0.2) is 38.8 Å². The second kappa shape index (κ2) is 4.97. The van der Waals surface area contributed by atoms with E-state index in [9.17, 15) is 4.79 Å². The molecule has 1 N–H and O–H groups in total. The number of carboxylic acid groups (broad SMARTS) is 1. The summed E-state index contributed by atoms with van der Waals surface area (Å²) in [7, 11) is 0. The minimum atomic E-state index is -0.975. The van der Waals surface area contributed by atoms with Crippen LogP contribution < -0.4 is 0 Å². The zero-order chi connectivity index (χ0) is 13.2. The van der Waals surface area contributed by atoms with Gasteiger partial charge in [-0.15, -0.1) is 5.10 Å². The van der Waals surface area contributed by atoms with Crippen LogP contribution in [0.1, 0.15) is 29.6 Å². The van der Waals surface area contributed by atoms with Crippen LogP contribution in [0.25, 0.3) is 11.0 Å². The molecular weight excluding hydrogens is 246 g/mol. The van der Waals surface area contributed by atoms with E-state index in [1.54, 1.807) is 16.8 Å². The van der Waals surface area contributed by atoms with E-state index in [0.29, 0.717) is 18.2 Å². The van der Waals surface area contributed by atoms with Crippen molar-refractivity contribution in [3.63, 3.8) is 0 Å². The van der Waals surface area contributed by atoms with Gasteiger partial charge in [-0.2, -0.15) is 0 Å². The molecule has 0 amide bonds. The van der Waals surface area contributed by atoms with Gasteiger partial charge in [0.25, 0.3) is 0 Å². The molecule has 2 aromatic rings. The zero-order valence-electron chi connectivity index (χ0n) is 10.5. The van der Waals surface area contributed by atoms with Crippen LogP contribution in [0.3, 0.4) is 0 Å². The van der Waals surface area contributed by atoms with E-state index in [1.165, 1.54) is 0 Å². The molecule has 6 heteroatoms. The van der Waals surface area contributed by atoms with Crippen molar-refractivity contribution >= 4 is 17.0 Å². The summed E-state index contributed by atoms with van der Waals surface area (Å²) in [6.07, 6.45) is 3.39. The Morgan fingerprint density at radius 3 is 3.16 bits per heavy atom. The lowest BCUT2D eigenvalue weighted by Gasteiger charge is -2.08. The quantitative estimate of drug-likeness (QED) is 0.906. The average molecular weight is 261 g/mol. The van der Waals surface area contributed by atoms with Gasteiger partial charge in [0.05, 0.1) is 17.2 Å². The largest absolute Gasteiger partial charge is 0.478 e. The predicted octanol–water partition coefficient (Wildman–Crippen LogP) is 1.70. The number of hydrogen-bond acceptors (Lipinski definition) is 4. The highest BCUT2D eigenvalue weighted by molar-refractivity contribution is 6.00. The lowest BCUT2D eigenvalue weighted by atomic mass is 10.1. The van der Waals surface area contributed by atoms with Gasteiger partial charge < -0.3 is 9.84 Å². The fourth-order valence-electron chi connectivity index (χ4n) is 2.47. The smallest absolute Gasteiger partial charge is 0.338 e. The molecule has 0 saturated carbocycles. The number of ether oxygens (including phenoxy) is 1. The van der Waals surface area contributed by atoms with E-state index < -0.39 is 5.97 Å². The number of fused-ring (bicyclic) bond motifs is 1. The maximum absolute atomic E-state index is 11.1. The number of carboxylic acids is 1. The van der Waals surface area contributed by atoms with Crippen LogP contribution in [0.4, 0.5) is 0 Å². The van der Waals surface area contributed by atoms with E-state index in [2.05, 4.69) is 10.3 Å². The van der Waals surface area contributed by atoms with E-state index in [0.717, 1.165) is 31.4 Å². The number of rotatable bonds is 4. The molecule has 3 rings (SSSR count). The summed E-state index contributed by atoms with van der Waals surface area (Å²) >= 11 is 0. The second-order valence-corrected chi connectivity index (χ2v) is 4.71. The highest BCUT2D eigenvalue weighted by Crippen LogP contribution is 2.19. The van der Waals surface area contributed by atoms with Crippen LogP contribution in [0, 0.1) is 0 Å². The molecule has 19 heavy (non-hydrogen) atoms. The first-order valence-corrected chi connectivity index (χ1v) is 6.43. The number of carbonyl (C=O) groups is 1. The maximum Gasteiger partial charge on any atom is 0.338 e. The third kappa shape index (κ3) is 2.31. The standard InChI is InChI=1S/C13H15N3O3/c17-13(18)10-4-1-5-11-12(10)14-15-16(11)7-6-9-3-2-8-19-9/h1,4-5,9H,2-3,6-8H2,(H,17,18). The minimum absolute atomic E-state index is 0.195. The molecule has 0 spiro atoms. The molecule has 1 aliphatic heterocycles. The van der Waals surface area contributed by atoms with Gasteiger partial charge in [0.2, 0.25) is 0 Å². The molecule has 1 saturated heterocycles. The van der Waals surface area contributed by atoms with Gasteiger partial charge in [-0.05, 0) is 31.4 Å². The monoisotopic (exact) mass is 261 g/mol. The molecule has 0 bridgehead atoms. The SMILES string of the molecule is O=C(O)c1cccc2c1nnn2CCC1CCCO1. The molecule has 1 unspecified atom stereocenters. The molecule has 1 aromatic heterocycles. The summed E-state index contributed by atoms with van der Waals surface area (Å²) in [5.41, 5.74) is 1.40. The van der Waals surface area contributed by atoms with Crippen molar-refractivity contribution in [2.75, 3.05) is 6.61 Å². The first-order chi connectivity index (χ1) is 9.25. The molecule has 100 valence electrons. The number of aromatic carboxylic acids is 1. The summed E-state index contributed by atoms with van der Waals surface area (Å²) < 4.78 is 7.32. The summed E-state index contributed by atoms with van der Waals surface area (Å²) in [6, 6.07) is 5.11. The van der Waals surface area contributed by atoms with E-state index >= 15 is 0 Å². The summed E-state index contributed by atoms with van der Waals surface area (Å²) in [4.78, 5) is 11.1. The summed E-state index contributed by atoms with van der Waals surface area (Å²) in [5.74, 6) is -0.975. The first-order valence-electron chi connectivity index (χ1n) is 6.43. The highest BCUT2D eigenvalue weighted by Gasteiger charge is 2.17. The Kier molecular flexibility index (Phi) is 3.16. The van der Waals surface area contributed by atoms with Gasteiger partial charge in [0.15, 0.2) is 0 Å². The molecule has 1 fully saturated rings. The van der Waals surface area contributed by atoms with Crippen molar-refractivity contribution in [3.8, 4) is 0 Å². The van der Waals surface area contributed by atoms with Gasteiger partial charge in [0.1, 0.15) is 5.52 Å². The number of aryl methyl sites for hydroxylation is 1. The summed E-state index contributed by atoms with van der Waals surface area (Å²) in [5, 5.41) is 17.1. The van der Waals surface area contributed by atoms with Crippen molar-refractivity contribution in [1.82, 2.24) is 15.0 Å². The fourth-order valence-corrected chi connectivity index (χ4v) is 2.47. The molecule has 1 aromatic carbocycles. The highest BCUT2D eigenvalue weighted by atomic mass is 16.5. The van der Waals surface area contributed by atoms with Crippen molar-refractivity contribution in [1.29, 1.82) is 0 Å². The average Bonchev–Trinajstić information content (AvgIpc) is 3.05. The lowest BCUT2D eigenvalue weighted by Crippen LogP contribution is -2.11. The number of nitrogens with zero attached hydrogens (tertiary/aromatic N) is 3. The summed E-state index contributed by atoms with van der Waals surface area (Å²) in [6.45, 7) is 1.54. The number of hydrogen-bond donors (Lipinski definition) is 1. The molecule has 0 radical (unpaired) electrons. The van der Waals surface area contributed by atoms with Crippen LogP contribution >= 0.6 is 0 Å². The Morgan fingerprint density at radius 1 is 1.53 bits per heavy atom. The lowest BCUT2D eigenvalue weighted by molar-refractivity contribution is 0.0698. The molecular formula is C13H15N3O3. The van der Waals surface area contributed by atoms with Crippen molar-refractivity contribution in [2.24, 2.45) is 0 Å². The third-order valence-corrected chi connectivity index (χ3v) is 3.46. The maximum atomic E-state index is 11.1. The van der Waals surface area contributed by atoms with Gasteiger partial charge in [-0.3, -0.25) is 0 Å². The molecule has 1 atom stereocenters. The Hall–Kier alpha value is -1.95. The third-order valence-electron chi connectivity index (χ3n) is 3.46. The van der Waals surface area contributed by atoms with Crippen molar-refractivity contribution < 1.29 is 14.6 Å². The molecule has 2 heterocycles. The van der Waals surface area contributed by atoms with Crippen molar-refractivity contribution in [3.05, 3.63) is 23.8 Å². The van der Waals surface area contributed by atoms with Crippen LogP contribution in [-0.2, 0) is 11.3 Å². The Bertz CT molecular complexity index is 602. The fraction of sp³-hybridized carbons (Fsp3) is 0.462. The van der Waals surface area contributed by atoms with Gasteiger partial charge in [0, 0.05) is 13.2 Å². The van der Waals surface area contributed by atoms with E-state index in [-0.39, 0.29) is 5.56 Å². The van der Waals surface area contributed by atoms with Gasteiger partial charge >= 0.3 is 5.97 Å². The normalized spacial score (nSPS) is 19.1. The zero-order valence-corrected chi connectivity index (χ0v) is 10.5. The second-order valence-electron chi connectivity index (χ2n) is 4.71. The minimum Gasteiger partial charge on any atom is -0.478 e. The van der Waals surface area contributed by atoms with E-state index in [4.69, 9.17) is 9.84 Å². The Balaban J connectivity index is 1.84. The van der Waals surface area contributed by atoms with Crippen molar-refractivity contribution in [2.45, 2.75) is 31.9 Å². The van der Waals surface area contributed by atoms with Gasteiger partial charge in [-0.1, -0.05) is 11.3 Å². The molecule has 0 aliphatic carbocycles. The van der Waals surface area contributed by atoms with E-state index in [1.807, 2.05) is 6.07 Å². The predicted molar refractivity (Wildman–Crippen MR) is 68.1 cm³/mol. The molecule has 6 nitrogen and oxygen atoms in total. The first kappa shape index (κ1) is 12.1. The van der Waals surface area contributed by atoms with Crippen LogP contribution in [0.15, 0.2) is 18.2 Å².